The molecule has 1 amide bonds. The fourth-order valence-corrected chi connectivity index (χ4v) is 3.27. The van der Waals surface area contributed by atoms with Crippen molar-refractivity contribution in [2.45, 2.75) is 13.5 Å². The monoisotopic (exact) mass is 365 g/mol. The number of anilines is 2. The van der Waals surface area contributed by atoms with Crippen LogP contribution in [0.3, 0.4) is 0 Å². The Labute approximate surface area is 157 Å². The smallest absolute Gasteiger partial charge is 0.247 e. The van der Waals surface area contributed by atoms with Gasteiger partial charge in [-0.25, -0.2) is 14.6 Å². The Balaban J connectivity index is 1.44. The van der Waals surface area contributed by atoms with Gasteiger partial charge in [-0.15, -0.1) is 0 Å². The molecule has 0 radical (unpaired) electrons. The number of piperazine rings is 1. The second-order valence-electron chi connectivity index (χ2n) is 6.97. The molecular weight excluding hydrogens is 342 g/mol. The maximum Gasteiger partial charge on any atom is 0.247 e. The van der Waals surface area contributed by atoms with Gasteiger partial charge in [0.15, 0.2) is 5.65 Å². The van der Waals surface area contributed by atoms with Gasteiger partial charge >= 0.3 is 0 Å². The highest BCUT2D eigenvalue weighted by Crippen LogP contribution is 2.19. The molecule has 1 saturated heterocycles. The van der Waals surface area contributed by atoms with Crippen molar-refractivity contribution in [3.8, 4) is 0 Å². The van der Waals surface area contributed by atoms with E-state index in [0.717, 1.165) is 42.8 Å². The van der Waals surface area contributed by atoms with E-state index < -0.39 is 0 Å². The number of aromatic nitrogens is 4. The molecule has 27 heavy (non-hydrogen) atoms. The lowest BCUT2D eigenvalue weighted by Crippen LogP contribution is -2.44. The number of rotatable bonds is 4. The lowest BCUT2D eigenvalue weighted by atomic mass is 10.2. The van der Waals surface area contributed by atoms with Crippen LogP contribution >= 0.6 is 0 Å². The fourth-order valence-electron chi connectivity index (χ4n) is 3.27. The van der Waals surface area contributed by atoms with Gasteiger partial charge in [-0.3, -0.25) is 4.79 Å². The number of nitrogens with zero attached hydrogens (tertiary/aromatic N) is 6. The second-order valence-corrected chi connectivity index (χ2v) is 6.97. The molecule has 1 fully saturated rings. The van der Waals surface area contributed by atoms with Gasteiger partial charge in [-0.2, -0.15) is 5.10 Å². The number of amides is 1. The van der Waals surface area contributed by atoms with Crippen LogP contribution < -0.4 is 10.2 Å². The Morgan fingerprint density at radius 2 is 1.96 bits per heavy atom. The first-order valence-electron chi connectivity index (χ1n) is 9.06. The Bertz CT molecular complexity index is 960. The summed E-state index contributed by atoms with van der Waals surface area (Å²) in [7, 11) is 2.13. The molecule has 1 aliphatic rings. The van der Waals surface area contributed by atoms with Crippen LogP contribution in [0, 0.1) is 6.92 Å². The van der Waals surface area contributed by atoms with Crippen LogP contribution in [-0.4, -0.2) is 63.8 Å². The number of carbonyl (C=O) groups excluding carboxylic acids is 1. The Morgan fingerprint density at radius 1 is 1.15 bits per heavy atom. The van der Waals surface area contributed by atoms with Crippen molar-refractivity contribution in [1.29, 1.82) is 0 Å². The topological polar surface area (TPSA) is 79.2 Å². The third kappa shape index (κ3) is 3.90. The maximum absolute atomic E-state index is 12.5. The second kappa shape index (κ2) is 7.32. The van der Waals surface area contributed by atoms with Crippen LogP contribution in [0.5, 0.6) is 0 Å². The van der Waals surface area contributed by atoms with Crippen LogP contribution in [0.25, 0.3) is 11.0 Å². The first kappa shape index (κ1) is 17.4. The van der Waals surface area contributed by atoms with Crippen molar-refractivity contribution in [3.05, 3.63) is 42.4 Å². The summed E-state index contributed by atoms with van der Waals surface area (Å²) in [4.78, 5) is 25.7. The van der Waals surface area contributed by atoms with Crippen LogP contribution in [0.4, 0.5) is 11.5 Å². The number of pyridine rings is 2. The Hall–Kier alpha value is -3.00. The number of likely N-dealkylation sites (N-methyl/N-ethyl adjacent to an activating group) is 1. The van der Waals surface area contributed by atoms with Gasteiger partial charge in [0, 0.05) is 55.7 Å². The highest BCUT2D eigenvalue weighted by Gasteiger charge is 2.15. The van der Waals surface area contributed by atoms with E-state index in [1.54, 1.807) is 23.3 Å². The molecule has 1 N–H and O–H groups in total. The summed E-state index contributed by atoms with van der Waals surface area (Å²) in [6.45, 7) is 6.08. The van der Waals surface area contributed by atoms with Gasteiger partial charge in [0.2, 0.25) is 5.91 Å². The number of aryl methyl sites for hydroxylation is 1. The van der Waals surface area contributed by atoms with Gasteiger partial charge in [0.05, 0.1) is 6.20 Å². The van der Waals surface area contributed by atoms with Crippen molar-refractivity contribution in [1.82, 2.24) is 24.6 Å². The van der Waals surface area contributed by atoms with Crippen molar-refractivity contribution in [2.75, 3.05) is 43.4 Å². The molecule has 1 aliphatic heterocycles. The number of nitrogens with one attached hydrogen (secondary N) is 1. The number of fused-ring (bicyclic) bond motifs is 1. The SMILES string of the molecule is Cc1cnc2c(cnn2CC(=O)Nc2cc(N3CCN(C)CC3)ccn2)c1. The molecule has 0 aliphatic carbocycles. The largest absolute Gasteiger partial charge is 0.369 e. The van der Waals surface area contributed by atoms with Gasteiger partial charge in [0.25, 0.3) is 0 Å². The quantitative estimate of drug-likeness (QED) is 0.755. The summed E-state index contributed by atoms with van der Waals surface area (Å²) in [6, 6.07) is 5.91. The molecular formula is C19H23N7O. The molecule has 8 heteroatoms. The zero-order valence-electron chi connectivity index (χ0n) is 15.6. The van der Waals surface area contributed by atoms with E-state index in [1.165, 1.54) is 0 Å². The lowest BCUT2D eigenvalue weighted by Gasteiger charge is -2.34. The standard InChI is InChI=1S/C19H23N7O/c1-14-9-15-12-22-26(19(15)21-11-14)13-18(27)23-17-10-16(3-4-20-17)25-7-5-24(2)6-8-25/h3-4,9-12H,5-8,13H2,1-2H3,(H,20,23,27). The molecule has 3 aromatic rings. The molecule has 0 saturated carbocycles. The summed E-state index contributed by atoms with van der Waals surface area (Å²) >= 11 is 0. The lowest BCUT2D eigenvalue weighted by molar-refractivity contribution is -0.116. The third-order valence-corrected chi connectivity index (χ3v) is 4.79. The highest BCUT2D eigenvalue weighted by atomic mass is 16.2. The maximum atomic E-state index is 12.5. The third-order valence-electron chi connectivity index (χ3n) is 4.79. The van der Waals surface area contributed by atoms with E-state index >= 15 is 0 Å². The first-order chi connectivity index (χ1) is 13.1. The number of hydrogen-bond donors (Lipinski definition) is 1. The molecule has 140 valence electrons. The van der Waals surface area contributed by atoms with E-state index in [0.29, 0.717) is 11.5 Å². The summed E-state index contributed by atoms with van der Waals surface area (Å²) in [6.07, 6.45) is 5.24. The van der Waals surface area contributed by atoms with E-state index in [2.05, 4.69) is 37.2 Å². The summed E-state index contributed by atoms with van der Waals surface area (Å²) in [5.41, 5.74) is 2.85. The Morgan fingerprint density at radius 3 is 2.78 bits per heavy atom. The van der Waals surface area contributed by atoms with E-state index in [4.69, 9.17) is 0 Å². The normalized spacial score (nSPS) is 15.3. The first-order valence-corrected chi connectivity index (χ1v) is 9.06. The fraction of sp³-hybridized carbons (Fsp3) is 0.368. The van der Waals surface area contributed by atoms with Crippen LogP contribution in [0.15, 0.2) is 36.8 Å². The van der Waals surface area contributed by atoms with Crippen LogP contribution in [-0.2, 0) is 11.3 Å². The van der Waals surface area contributed by atoms with Gasteiger partial charge < -0.3 is 15.1 Å². The minimum absolute atomic E-state index is 0.0972. The Kier molecular flexibility index (Phi) is 4.72. The van der Waals surface area contributed by atoms with Crippen molar-refractivity contribution >= 4 is 28.4 Å². The zero-order valence-corrected chi connectivity index (χ0v) is 15.6. The summed E-state index contributed by atoms with van der Waals surface area (Å²) in [5, 5.41) is 8.07. The summed E-state index contributed by atoms with van der Waals surface area (Å²) < 4.78 is 1.61. The van der Waals surface area contributed by atoms with E-state index in [9.17, 15) is 4.79 Å². The number of hydrogen-bond acceptors (Lipinski definition) is 6. The summed E-state index contributed by atoms with van der Waals surface area (Å²) in [5.74, 6) is 0.377. The molecule has 4 rings (SSSR count). The van der Waals surface area contributed by atoms with Crippen LogP contribution in [0.1, 0.15) is 5.56 Å². The molecule has 4 heterocycles. The molecule has 0 atom stereocenters. The molecule has 0 spiro atoms. The minimum atomic E-state index is -0.176. The average Bonchev–Trinajstić information content (AvgIpc) is 3.04. The van der Waals surface area contributed by atoms with Crippen molar-refractivity contribution in [3.63, 3.8) is 0 Å². The highest BCUT2D eigenvalue weighted by molar-refractivity contribution is 5.91. The van der Waals surface area contributed by atoms with Gasteiger partial charge in [-0.05, 0) is 31.7 Å². The van der Waals surface area contributed by atoms with E-state index in [-0.39, 0.29) is 12.5 Å². The molecule has 0 aromatic carbocycles. The molecule has 0 bridgehead atoms. The van der Waals surface area contributed by atoms with Gasteiger partial charge in [0.1, 0.15) is 12.4 Å². The average molecular weight is 365 g/mol. The predicted molar refractivity (Wildman–Crippen MR) is 105 cm³/mol. The number of carbonyl (C=O) groups is 1. The molecule has 8 nitrogen and oxygen atoms in total. The van der Waals surface area contributed by atoms with Crippen molar-refractivity contribution < 1.29 is 4.79 Å². The predicted octanol–water partition coefficient (Wildman–Crippen LogP) is 1.53. The zero-order chi connectivity index (χ0) is 18.8. The van der Waals surface area contributed by atoms with E-state index in [1.807, 2.05) is 25.1 Å². The molecule has 0 unspecified atom stereocenters. The van der Waals surface area contributed by atoms with Crippen LogP contribution in [0.2, 0.25) is 0 Å². The van der Waals surface area contributed by atoms with Gasteiger partial charge in [-0.1, -0.05) is 0 Å². The minimum Gasteiger partial charge on any atom is -0.369 e. The molecule has 3 aromatic heterocycles. The van der Waals surface area contributed by atoms with Crippen molar-refractivity contribution in [2.24, 2.45) is 0 Å².